The maximum absolute atomic E-state index is 11.0. The van der Waals surface area contributed by atoms with E-state index in [1.165, 1.54) is 16.9 Å². The molecule has 0 radical (unpaired) electrons. The van der Waals surface area contributed by atoms with E-state index in [-0.39, 0.29) is 11.2 Å². The Kier molecular flexibility index (Phi) is 2.52. The number of hydrogen-bond donors (Lipinski definition) is 1. The number of rotatable bonds is 1. The van der Waals surface area contributed by atoms with Crippen molar-refractivity contribution in [2.45, 2.75) is 19.3 Å². The van der Waals surface area contributed by atoms with Crippen molar-refractivity contribution in [3.05, 3.63) is 21.9 Å². The predicted molar refractivity (Wildman–Crippen MR) is 65.6 cm³/mol. The first kappa shape index (κ1) is 10.9. The molecule has 1 aliphatic carbocycles. The van der Waals surface area contributed by atoms with Crippen LogP contribution >= 0.6 is 22.9 Å². The lowest BCUT2D eigenvalue weighted by atomic mass is 9.88. The Bertz CT molecular complexity index is 611. The largest absolute Gasteiger partial charge is 0.481 e. The van der Waals surface area contributed by atoms with Gasteiger partial charge >= 0.3 is 5.97 Å². The molecule has 3 rings (SSSR count). The Balaban J connectivity index is 2.09. The monoisotopic (exact) mass is 268 g/mol. The van der Waals surface area contributed by atoms with Crippen LogP contribution in [-0.2, 0) is 17.6 Å². The number of aromatic nitrogens is 2. The van der Waals surface area contributed by atoms with Crippen molar-refractivity contribution in [1.82, 2.24) is 9.97 Å². The minimum absolute atomic E-state index is 0.242. The highest BCUT2D eigenvalue weighted by Crippen LogP contribution is 2.37. The van der Waals surface area contributed by atoms with Crippen LogP contribution in [0.1, 0.15) is 16.9 Å². The van der Waals surface area contributed by atoms with Crippen LogP contribution in [0, 0.1) is 5.92 Å². The first-order valence-electron chi connectivity index (χ1n) is 5.30. The van der Waals surface area contributed by atoms with E-state index in [9.17, 15) is 4.79 Å². The lowest BCUT2D eigenvalue weighted by molar-refractivity contribution is -0.142. The molecule has 6 heteroatoms. The van der Waals surface area contributed by atoms with Gasteiger partial charge in [0, 0.05) is 16.5 Å². The topological polar surface area (TPSA) is 63.1 Å². The van der Waals surface area contributed by atoms with Crippen LogP contribution in [0.3, 0.4) is 0 Å². The molecule has 1 aliphatic rings. The molecule has 0 aliphatic heterocycles. The van der Waals surface area contributed by atoms with Crippen molar-refractivity contribution in [2.75, 3.05) is 0 Å². The van der Waals surface area contributed by atoms with Gasteiger partial charge in [-0.2, -0.15) is 0 Å². The zero-order valence-electron chi connectivity index (χ0n) is 8.81. The molecule has 1 unspecified atom stereocenters. The molecule has 0 saturated carbocycles. The van der Waals surface area contributed by atoms with Gasteiger partial charge in [0.05, 0.1) is 5.92 Å². The summed E-state index contributed by atoms with van der Waals surface area (Å²) in [5.74, 6) is -0.976. The molecule has 2 aromatic heterocycles. The summed E-state index contributed by atoms with van der Waals surface area (Å²) in [4.78, 5) is 21.1. The van der Waals surface area contributed by atoms with Crippen LogP contribution in [0.4, 0.5) is 0 Å². The fraction of sp³-hybridized carbons (Fsp3) is 0.364. The Hall–Kier alpha value is -1.20. The van der Waals surface area contributed by atoms with E-state index in [0.29, 0.717) is 12.8 Å². The summed E-state index contributed by atoms with van der Waals surface area (Å²) in [6.45, 7) is 0. The normalized spacial score (nSPS) is 19.2. The Morgan fingerprint density at radius 2 is 2.41 bits per heavy atom. The third kappa shape index (κ3) is 1.79. The molecular weight excluding hydrogens is 260 g/mol. The van der Waals surface area contributed by atoms with E-state index in [1.807, 2.05) is 0 Å². The fourth-order valence-corrected chi connectivity index (χ4v) is 3.71. The van der Waals surface area contributed by atoms with Crippen molar-refractivity contribution in [1.29, 1.82) is 0 Å². The molecule has 17 heavy (non-hydrogen) atoms. The number of aryl methyl sites for hydroxylation is 1. The second-order valence-electron chi connectivity index (χ2n) is 4.14. The van der Waals surface area contributed by atoms with Gasteiger partial charge in [-0.15, -0.1) is 11.3 Å². The van der Waals surface area contributed by atoms with Crippen molar-refractivity contribution >= 4 is 39.1 Å². The quantitative estimate of drug-likeness (QED) is 0.808. The average molecular weight is 269 g/mol. The van der Waals surface area contributed by atoms with Gasteiger partial charge in [-0.1, -0.05) is 0 Å². The van der Waals surface area contributed by atoms with Gasteiger partial charge in [-0.25, -0.2) is 9.97 Å². The summed E-state index contributed by atoms with van der Waals surface area (Å²) in [5.41, 5.74) is 1.21. The van der Waals surface area contributed by atoms with Gasteiger partial charge in [-0.3, -0.25) is 4.79 Å². The predicted octanol–water partition coefficient (Wildman–Crippen LogP) is 2.53. The molecule has 0 fully saturated rings. The van der Waals surface area contributed by atoms with Crippen molar-refractivity contribution < 1.29 is 9.90 Å². The Morgan fingerprint density at radius 3 is 3.18 bits per heavy atom. The number of halogens is 1. The van der Waals surface area contributed by atoms with E-state index < -0.39 is 5.97 Å². The van der Waals surface area contributed by atoms with Crippen LogP contribution in [0.15, 0.2) is 6.20 Å². The first-order chi connectivity index (χ1) is 8.15. The number of nitrogens with zero attached hydrogens (tertiary/aromatic N) is 2. The van der Waals surface area contributed by atoms with Crippen LogP contribution in [0.5, 0.6) is 0 Å². The van der Waals surface area contributed by atoms with Crippen molar-refractivity contribution in [3.8, 4) is 0 Å². The molecule has 0 amide bonds. The Morgan fingerprint density at radius 1 is 1.59 bits per heavy atom. The zero-order chi connectivity index (χ0) is 12.0. The highest BCUT2D eigenvalue weighted by Gasteiger charge is 2.27. The number of carboxylic acids is 1. The molecule has 1 atom stereocenters. The minimum atomic E-state index is -0.711. The van der Waals surface area contributed by atoms with E-state index in [4.69, 9.17) is 16.7 Å². The number of carbonyl (C=O) groups is 1. The van der Waals surface area contributed by atoms with Crippen LogP contribution in [0.25, 0.3) is 10.2 Å². The minimum Gasteiger partial charge on any atom is -0.481 e. The number of carboxylic acid groups (broad SMARTS) is 1. The molecule has 88 valence electrons. The van der Waals surface area contributed by atoms with Gasteiger partial charge in [0.2, 0.25) is 5.28 Å². The van der Waals surface area contributed by atoms with E-state index in [1.54, 1.807) is 6.20 Å². The molecule has 2 heterocycles. The molecule has 1 N–H and O–H groups in total. The molecule has 0 bridgehead atoms. The smallest absolute Gasteiger partial charge is 0.306 e. The van der Waals surface area contributed by atoms with E-state index in [2.05, 4.69) is 9.97 Å². The van der Waals surface area contributed by atoms with Crippen LogP contribution < -0.4 is 0 Å². The Labute approximate surface area is 106 Å². The summed E-state index contributed by atoms with van der Waals surface area (Å²) < 4.78 is 0. The summed E-state index contributed by atoms with van der Waals surface area (Å²) in [6, 6.07) is 0. The van der Waals surface area contributed by atoms with Crippen LogP contribution in [0.2, 0.25) is 5.28 Å². The lowest BCUT2D eigenvalue weighted by Gasteiger charge is -2.17. The fourth-order valence-electron chi connectivity index (χ4n) is 2.25. The SMILES string of the molecule is O=C(O)C1CCc2c(sc3nc(Cl)ncc23)C1. The second-order valence-corrected chi connectivity index (χ2v) is 5.56. The number of thiophene rings is 1. The number of fused-ring (bicyclic) bond motifs is 3. The summed E-state index contributed by atoms with van der Waals surface area (Å²) >= 11 is 7.29. The van der Waals surface area contributed by atoms with Gasteiger partial charge in [0.15, 0.2) is 0 Å². The zero-order valence-corrected chi connectivity index (χ0v) is 10.4. The average Bonchev–Trinajstić information content (AvgIpc) is 2.64. The number of aliphatic carboxylic acids is 1. The molecule has 0 spiro atoms. The summed E-state index contributed by atoms with van der Waals surface area (Å²) in [7, 11) is 0. The maximum Gasteiger partial charge on any atom is 0.306 e. The second kappa shape index (κ2) is 3.92. The van der Waals surface area contributed by atoms with E-state index >= 15 is 0 Å². The standard InChI is InChI=1S/C11H9ClN2O2S/c12-11-13-4-7-6-2-1-5(10(15)16)3-8(6)17-9(7)14-11/h4-5H,1-3H2,(H,15,16). The first-order valence-corrected chi connectivity index (χ1v) is 6.50. The summed E-state index contributed by atoms with van der Waals surface area (Å²) in [5, 5.41) is 10.3. The van der Waals surface area contributed by atoms with E-state index in [0.717, 1.165) is 21.5 Å². The third-order valence-corrected chi connectivity index (χ3v) is 4.48. The highest BCUT2D eigenvalue weighted by atomic mass is 35.5. The third-order valence-electron chi connectivity index (χ3n) is 3.13. The molecular formula is C11H9ClN2O2S. The van der Waals surface area contributed by atoms with Gasteiger partial charge in [-0.05, 0) is 36.4 Å². The van der Waals surface area contributed by atoms with Crippen molar-refractivity contribution in [2.24, 2.45) is 5.92 Å². The number of hydrogen-bond acceptors (Lipinski definition) is 4. The molecule has 2 aromatic rings. The lowest BCUT2D eigenvalue weighted by Crippen LogP contribution is -2.20. The van der Waals surface area contributed by atoms with Gasteiger partial charge < -0.3 is 5.11 Å². The van der Waals surface area contributed by atoms with Crippen LogP contribution in [-0.4, -0.2) is 21.0 Å². The molecule has 0 aromatic carbocycles. The van der Waals surface area contributed by atoms with Gasteiger partial charge in [0.25, 0.3) is 0 Å². The van der Waals surface area contributed by atoms with Gasteiger partial charge in [0.1, 0.15) is 4.83 Å². The molecule has 0 saturated heterocycles. The summed E-state index contributed by atoms with van der Waals surface area (Å²) in [6.07, 6.45) is 3.82. The van der Waals surface area contributed by atoms with Crippen molar-refractivity contribution in [3.63, 3.8) is 0 Å². The maximum atomic E-state index is 11.0. The molecule has 4 nitrogen and oxygen atoms in total. The highest BCUT2D eigenvalue weighted by molar-refractivity contribution is 7.18.